The molecule has 2 bridgehead atoms. The summed E-state index contributed by atoms with van der Waals surface area (Å²) in [6, 6.07) is 9.34. The third kappa shape index (κ3) is 1.17. The van der Waals surface area contributed by atoms with E-state index in [0.29, 0.717) is 36.0 Å². The molecule has 96 valence electrons. The summed E-state index contributed by atoms with van der Waals surface area (Å²) in [6.45, 7) is 0. The first-order chi connectivity index (χ1) is 9.33. The molecular weight excluding hydrogens is 262 g/mol. The summed E-state index contributed by atoms with van der Waals surface area (Å²) in [5.74, 6) is 1.11. The van der Waals surface area contributed by atoms with Gasteiger partial charge in [-0.3, -0.25) is 0 Å². The summed E-state index contributed by atoms with van der Waals surface area (Å²) in [4.78, 5) is 0. The van der Waals surface area contributed by atoms with E-state index < -0.39 is 0 Å². The van der Waals surface area contributed by atoms with Gasteiger partial charge in [0.2, 0.25) is 0 Å². The van der Waals surface area contributed by atoms with Gasteiger partial charge in [0.15, 0.2) is 0 Å². The Balaban J connectivity index is 1.52. The number of hydrogen-bond donors (Lipinski definition) is 0. The van der Waals surface area contributed by atoms with Crippen LogP contribution < -0.4 is 5.01 Å². The third-order valence-electron chi connectivity index (χ3n) is 4.99. The Kier molecular flexibility index (Phi) is 1.81. The van der Waals surface area contributed by atoms with Crippen molar-refractivity contribution >= 4 is 17.3 Å². The summed E-state index contributed by atoms with van der Waals surface area (Å²) in [7, 11) is 0. The minimum absolute atomic E-state index is 0.307. The van der Waals surface area contributed by atoms with Crippen LogP contribution in [0.15, 0.2) is 44.8 Å². The molecule has 5 nitrogen and oxygen atoms in total. The maximum atomic E-state index is 5.94. The summed E-state index contributed by atoms with van der Waals surface area (Å²) in [6.07, 6.45) is 1.20. The molecule has 0 unspecified atom stereocenters. The van der Waals surface area contributed by atoms with Crippen molar-refractivity contribution in [3.8, 4) is 0 Å². The van der Waals surface area contributed by atoms with E-state index in [-0.39, 0.29) is 0 Å². The number of halogens is 1. The first-order valence-corrected chi connectivity index (χ1v) is 7.06. The maximum absolute atomic E-state index is 5.94. The lowest BCUT2D eigenvalue weighted by Gasteiger charge is -2.38. The van der Waals surface area contributed by atoms with Gasteiger partial charge >= 0.3 is 0 Å². The normalized spacial score (nSPS) is 44.4. The van der Waals surface area contributed by atoms with Crippen LogP contribution in [0.3, 0.4) is 0 Å². The lowest BCUT2D eigenvalue weighted by Crippen LogP contribution is -2.52. The van der Waals surface area contributed by atoms with Gasteiger partial charge in [-0.15, -0.1) is 0 Å². The molecule has 2 aliphatic heterocycles. The van der Waals surface area contributed by atoms with Crippen LogP contribution in [-0.2, 0) is 0 Å². The second kappa shape index (κ2) is 3.33. The van der Waals surface area contributed by atoms with Crippen LogP contribution in [0.25, 0.3) is 0 Å². The average molecular weight is 274 g/mol. The van der Waals surface area contributed by atoms with Crippen molar-refractivity contribution < 1.29 is 0 Å². The van der Waals surface area contributed by atoms with Crippen LogP contribution in [-0.4, -0.2) is 24.2 Å². The van der Waals surface area contributed by atoms with Crippen LogP contribution in [0.4, 0.5) is 5.69 Å². The summed E-state index contributed by atoms with van der Waals surface area (Å²) < 4.78 is 0. The van der Waals surface area contributed by atoms with Crippen molar-refractivity contribution in [1.82, 2.24) is 0 Å². The molecule has 4 aliphatic rings. The van der Waals surface area contributed by atoms with Crippen LogP contribution in [0.5, 0.6) is 0 Å². The van der Waals surface area contributed by atoms with E-state index in [1.165, 1.54) is 6.42 Å². The van der Waals surface area contributed by atoms with Crippen molar-refractivity contribution in [2.75, 3.05) is 5.01 Å². The zero-order chi connectivity index (χ0) is 12.6. The van der Waals surface area contributed by atoms with Crippen molar-refractivity contribution in [1.29, 1.82) is 0 Å². The fraction of sp³-hybridized carbons (Fsp3) is 0.538. The number of fused-ring (bicyclic) bond motifs is 8. The molecule has 0 N–H and O–H groups in total. The standard InChI is InChI=1S/C13H12ClN5/c14-6-1-3-7(4-2-6)19-13-9-5-8(12(13)17-18-19)10-11(9)16-15-10/h1-4,8-13H,5H2/t8-,9+,10+,11-,12-,13+/m0/s1. The average Bonchev–Trinajstić information content (AvgIpc) is 2.98. The lowest BCUT2D eigenvalue weighted by atomic mass is 9.82. The number of benzene rings is 1. The number of hydrogen-bond acceptors (Lipinski definition) is 5. The predicted octanol–water partition coefficient (Wildman–Crippen LogP) is 3.12. The highest BCUT2D eigenvalue weighted by atomic mass is 35.5. The van der Waals surface area contributed by atoms with Crippen LogP contribution in [0.1, 0.15) is 6.42 Å². The fourth-order valence-electron chi connectivity index (χ4n) is 4.15. The Bertz CT molecular complexity index is 598. The third-order valence-corrected chi connectivity index (χ3v) is 5.24. The monoisotopic (exact) mass is 273 g/mol. The van der Waals surface area contributed by atoms with Gasteiger partial charge in [-0.05, 0) is 30.7 Å². The zero-order valence-electron chi connectivity index (χ0n) is 10.1. The van der Waals surface area contributed by atoms with Crippen molar-refractivity contribution in [3.63, 3.8) is 0 Å². The van der Waals surface area contributed by atoms with E-state index >= 15 is 0 Å². The van der Waals surface area contributed by atoms with E-state index in [4.69, 9.17) is 11.6 Å². The zero-order valence-corrected chi connectivity index (χ0v) is 10.9. The number of azo groups is 1. The molecule has 0 amide bonds. The van der Waals surface area contributed by atoms with Crippen molar-refractivity contribution in [3.05, 3.63) is 29.3 Å². The number of nitrogens with zero attached hydrogens (tertiary/aromatic N) is 5. The van der Waals surface area contributed by atoms with E-state index in [1.54, 1.807) is 0 Å². The molecule has 2 heterocycles. The maximum Gasteiger partial charge on any atom is 0.101 e. The second-order valence-corrected chi connectivity index (χ2v) is 6.22. The van der Waals surface area contributed by atoms with Gasteiger partial charge in [-0.2, -0.15) is 15.3 Å². The summed E-state index contributed by atoms with van der Waals surface area (Å²) in [5, 5.41) is 20.3. The van der Waals surface area contributed by atoms with Gasteiger partial charge in [-0.25, -0.2) is 5.01 Å². The molecule has 2 saturated carbocycles. The van der Waals surface area contributed by atoms with Gasteiger partial charge < -0.3 is 0 Å². The Hall–Kier alpha value is -1.49. The fourth-order valence-corrected chi connectivity index (χ4v) is 4.28. The molecule has 6 atom stereocenters. The Labute approximate surface area is 115 Å². The second-order valence-electron chi connectivity index (χ2n) is 5.78. The van der Waals surface area contributed by atoms with Gasteiger partial charge in [-0.1, -0.05) is 16.8 Å². The Morgan fingerprint density at radius 3 is 2.42 bits per heavy atom. The molecule has 2 fully saturated rings. The van der Waals surface area contributed by atoms with Crippen molar-refractivity contribution in [2.45, 2.75) is 30.6 Å². The van der Waals surface area contributed by atoms with Crippen molar-refractivity contribution in [2.24, 2.45) is 32.4 Å². The van der Waals surface area contributed by atoms with Crippen LogP contribution in [0, 0.1) is 11.8 Å². The molecule has 1 aromatic carbocycles. The minimum Gasteiger partial charge on any atom is -0.242 e. The smallest absolute Gasteiger partial charge is 0.101 e. The SMILES string of the molecule is Clc1ccc(N2N=N[C@H]3[C@H]4C[C@H]([C@@H]5N=N[C@H]45)[C@H]32)cc1. The number of anilines is 1. The molecule has 1 aromatic rings. The molecule has 0 spiro atoms. The molecule has 19 heavy (non-hydrogen) atoms. The van der Waals surface area contributed by atoms with Gasteiger partial charge in [0.1, 0.15) is 18.1 Å². The molecular formula is C13H12ClN5. The highest BCUT2D eigenvalue weighted by Gasteiger charge is 2.65. The van der Waals surface area contributed by atoms with E-state index in [9.17, 15) is 0 Å². The largest absolute Gasteiger partial charge is 0.242 e. The van der Waals surface area contributed by atoms with Crippen LogP contribution in [0.2, 0.25) is 5.02 Å². The van der Waals surface area contributed by atoms with E-state index in [1.807, 2.05) is 24.3 Å². The first kappa shape index (κ1) is 10.3. The topological polar surface area (TPSA) is 52.7 Å². The summed E-state index contributed by atoms with van der Waals surface area (Å²) in [5.41, 5.74) is 1.07. The van der Waals surface area contributed by atoms with Gasteiger partial charge in [0, 0.05) is 16.9 Å². The first-order valence-electron chi connectivity index (χ1n) is 6.68. The Morgan fingerprint density at radius 1 is 0.947 bits per heavy atom. The molecule has 0 radical (unpaired) electrons. The molecule has 0 aromatic heterocycles. The number of rotatable bonds is 1. The highest BCUT2D eigenvalue weighted by molar-refractivity contribution is 6.30. The van der Waals surface area contributed by atoms with E-state index in [0.717, 1.165) is 10.7 Å². The molecule has 6 heteroatoms. The molecule has 0 saturated heterocycles. The van der Waals surface area contributed by atoms with Crippen LogP contribution >= 0.6 is 11.6 Å². The van der Waals surface area contributed by atoms with Gasteiger partial charge in [0.05, 0.1) is 11.7 Å². The van der Waals surface area contributed by atoms with E-state index in [2.05, 4.69) is 25.6 Å². The van der Waals surface area contributed by atoms with Gasteiger partial charge in [0.25, 0.3) is 0 Å². The highest BCUT2D eigenvalue weighted by Crippen LogP contribution is 2.56. The quantitative estimate of drug-likeness (QED) is 0.775. The molecule has 5 rings (SSSR count). The molecule has 2 aliphatic carbocycles. The lowest BCUT2D eigenvalue weighted by molar-refractivity contribution is 0.242. The predicted molar refractivity (Wildman–Crippen MR) is 70.4 cm³/mol. The summed E-state index contributed by atoms with van der Waals surface area (Å²) >= 11 is 5.94. The minimum atomic E-state index is 0.307. The Morgan fingerprint density at radius 2 is 1.68 bits per heavy atom.